The molecule has 0 radical (unpaired) electrons. The smallest absolute Gasteiger partial charge is 0.220 e. The first-order valence-corrected chi connectivity index (χ1v) is 9.16. The second-order valence-corrected chi connectivity index (χ2v) is 6.75. The Balaban J connectivity index is 1.70. The molecule has 0 aliphatic carbocycles. The van der Waals surface area contributed by atoms with Gasteiger partial charge in [0.25, 0.3) is 0 Å². The molecule has 2 N–H and O–H groups in total. The number of carbonyl (C=O) groups is 1. The highest BCUT2D eigenvalue weighted by atomic mass is 16.5. The maximum atomic E-state index is 11.4. The van der Waals surface area contributed by atoms with Crippen molar-refractivity contribution < 1.29 is 14.3 Å². The van der Waals surface area contributed by atoms with Gasteiger partial charge in [0.1, 0.15) is 5.82 Å². The molecular formula is C21H22N4O3. The number of fused-ring (bicyclic) bond motifs is 1. The third-order valence-electron chi connectivity index (χ3n) is 4.90. The molecule has 4 rings (SSSR count). The molecule has 1 aromatic carbocycles. The van der Waals surface area contributed by atoms with Gasteiger partial charge in [-0.1, -0.05) is 0 Å². The van der Waals surface area contributed by atoms with Crippen LogP contribution in [0.5, 0.6) is 11.5 Å². The summed E-state index contributed by atoms with van der Waals surface area (Å²) in [5.41, 5.74) is 2.55. The molecule has 1 saturated heterocycles. The Hall–Kier alpha value is -3.35. The second kappa shape index (κ2) is 7.72. The summed E-state index contributed by atoms with van der Waals surface area (Å²) in [5, 5.41) is 7.23. The van der Waals surface area contributed by atoms with E-state index in [2.05, 4.69) is 15.6 Å². The first kappa shape index (κ1) is 18.0. The van der Waals surface area contributed by atoms with Crippen LogP contribution in [0.15, 0.2) is 42.6 Å². The largest absolute Gasteiger partial charge is 0.493 e. The molecule has 3 aromatic rings. The average Bonchev–Trinajstić information content (AvgIpc) is 3.16. The minimum absolute atomic E-state index is 0.102. The van der Waals surface area contributed by atoms with Gasteiger partial charge in [-0.2, -0.15) is 0 Å². The number of anilines is 1. The Kier molecular flexibility index (Phi) is 4.97. The number of hydrogen-bond acceptors (Lipinski definition) is 6. The van der Waals surface area contributed by atoms with Crippen LogP contribution in [0.2, 0.25) is 0 Å². The number of carbonyl (C=O) groups excluding carboxylic acids is 1. The summed E-state index contributed by atoms with van der Waals surface area (Å²) in [7, 11) is 3.22. The van der Waals surface area contributed by atoms with Gasteiger partial charge in [0.05, 0.1) is 25.4 Å². The molecule has 7 heteroatoms. The maximum absolute atomic E-state index is 11.4. The van der Waals surface area contributed by atoms with Gasteiger partial charge in [-0.05, 0) is 36.4 Å². The molecule has 0 bridgehead atoms. The molecule has 7 nitrogen and oxygen atoms in total. The van der Waals surface area contributed by atoms with E-state index in [9.17, 15) is 4.79 Å². The van der Waals surface area contributed by atoms with E-state index < -0.39 is 0 Å². The SMILES string of the molecule is COc1ccc(-c2cc3ncccc3c(NC[C@H]3CNC(=O)C3)n2)cc1OC. The standard InChI is InChI=1S/C21H22N4O3/c1-27-18-6-5-14(9-19(18)28-2)16-10-17-15(4-3-7-22-17)21(25-16)24-12-13-8-20(26)23-11-13/h3-7,9-10,13H,8,11-12H2,1-2H3,(H,23,26)(H,24,25)/t13-/m1/s1. The predicted molar refractivity (Wildman–Crippen MR) is 108 cm³/mol. The normalized spacial score (nSPS) is 16.1. The summed E-state index contributed by atoms with van der Waals surface area (Å²) in [5.74, 6) is 2.43. The number of benzene rings is 1. The van der Waals surface area contributed by atoms with Crippen LogP contribution in [0.3, 0.4) is 0 Å². The number of hydrogen-bond donors (Lipinski definition) is 2. The van der Waals surface area contributed by atoms with E-state index in [-0.39, 0.29) is 11.8 Å². The number of nitrogens with zero attached hydrogens (tertiary/aromatic N) is 2. The van der Waals surface area contributed by atoms with E-state index in [0.29, 0.717) is 31.0 Å². The minimum atomic E-state index is 0.102. The molecule has 0 spiro atoms. The summed E-state index contributed by atoms with van der Waals surface area (Å²) in [6.45, 7) is 1.36. The Morgan fingerprint density at radius 2 is 2.04 bits per heavy atom. The number of methoxy groups -OCH3 is 2. The molecule has 144 valence electrons. The van der Waals surface area contributed by atoms with Crippen LogP contribution in [0.1, 0.15) is 6.42 Å². The zero-order valence-corrected chi connectivity index (χ0v) is 15.9. The van der Waals surface area contributed by atoms with E-state index in [1.807, 2.05) is 36.4 Å². The van der Waals surface area contributed by atoms with Crippen LogP contribution in [0.25, 0.3) is 22.2 Å². The van der Waals surface area contributed by atoms with Crippen LogP contribution in [0, 0.1) is 5.92 Å². The Morgan fingerprint density at radius 1 is 1.18 bits per heavy atom. The lowest BCUT2D eigenvalue weighted by Gasteiger charge is -2.14. The third kappa shape index (κ3) is 3.55. The molecule has 1 amide bonds. The van der Waals surface area contributed by atoms with Crippen LogP contribution in [-0.4, -0.2) is 43.2 Å². The van der Waals surface area contributed by atoms with Gasteiger partial charge in [-0.15, -0.1) is 0 Å². The predicted octanol–water partition coefficient (Wildman–Crippen LogP) is 2.86. The highest BCUT2D eigenvalue weighted by Crippen LogP contribution is 2.33. The lowest BCUT2D eigenvalue weighted by Crippen LogP contribution is -2.18. The van der Waals surface area contributed by atoms with Crippen molar-refractivity contribution in [1.29, 1.82) is 0 Å². The highest BCUT2D eigenvalue weighted by molar-refractivity contribution is 5.92. The van der Waals surface area contributed by atoms with Gasteiger partial charge in [0, 0.05) is 42.6 Å². The van der Waals surface area contributed by atoms with Crippen molar-refractivity contribution in [3.63, 3.8) is 0 Å². The van der Waals surface area contributed by atoms with Gasteiger partial charge in [0.15, 0.2) is 11.5 Å². The maximum Gasteiger partial charge on any atom is 0.220 e. The van der Waals surface area contributed by atoms with Crippen LogP contribution in [-0.2, 0) is 4.79 Å². The summed E-state index contributed by atoms with van der Waals surface area (Å²) in [6.07, 6.45) is 2.31. The molecule has 1 atom stereocenters. The Bertz CT molecular complexity index is 1020. The second-order valence-electron chi connectivity index (χ2n) is 6.75. The monoisotopic (exact) mass is 378 g/mol. The Morgan fingerprint density at radius 3 is 2.79 bits per heavy atom. The fraction of sp³-hybridized carbons (Fsp3) is 0.286. The van der Waals surface area contributed by atoms with E-state index >= 15 is 0 Å². The molecule has 1 fully saturated rings. The molecule has 1 aliphatic heterocycles. The number of rotatable bonds is 6. The van der Waals surface area contributed by atoms with Gasteiger partial charge >= 0.3 is 0 Å². The Labute approximate surface area is 163 Å². The van der Waals surface area contributed by atoms with Crippen LogP contribution in [0.4, 0.5) is 5.82 Å². The molecule has 3 heterocycles. The molecule has 0 unspecified atom stereocenters. The van der Waals surface area contributed by atoms with E-state index in [0.717, 1.165) is 28.0 Å². The number of ether oxygens (including phenoxy) is 2. The van der Waals surface area contributed by atoms with Crippen molar-refractivity contribution >= 4 is 22.6 Å². The zero-order chi connectivity index (χ0) is 19.5. The van der Waals surface area contributed by atoms with Crippen molar-refractivity contribution in [3.05, 3.63) is 42.6 Å². The van der Waals surface area contributed by atoms with Crippen molar-refractivity contribution in [2.45, 2.75) is 6.42 Å². The van der Waals surface area contributed by atoms with E-state index in [1.54, 1.807) is 20.4 Å². The minimum Gasteiger partial charge on any atom is -0.493 e. The van der Waals surface area contributed by atoms with E-state index in [4.69, 9.17) is 14.5 Å². The molecule has 0 saturated carbocycles. The number of nitrogens with one attached hydrogen (secondary N) is 2. The van der Waals surface area contributed by atoms with Gasteiger partial charge < -0.3 is 20.1 Å². The lowest BCUT2D eigenvalue weighted by molar-refractivity contribution is -0.119. The molecule has 1 aliphatic rings. The van der Waals surface area contributed by atoms with Crippen molar-refractivity contribution in [1.82, 2.24) is 15.3 Å². The highest BCUT2D eigenvalue weighted by Gasteiger charge is 2.21. The molecular weight excluding hydrogens is 356 g/mol. The summed E-state index contributed by atoms with van der Waals surface area (Å²) >= 11 is 0. The first-order chi connectivity index (χ1) is 13.7. The third-order valence-corrected chi connectivity index (χ3v) is 4.90. The molecule has 28 heavy (non-hydrogen) atoms. The number of aromatic nitrogens is 2. The number of pyridine rings is 2. The average molecular weight is 378 g/mol. The summed E-state index contributed by atoms with van der Waals surface area (Å²) in [6, 6.07) is 11.6. The molecule has 2 aromatic heterocycles. The summed E-state index contributed by atoms with van der Waals surface area (Å²) < 4.78 is 10.7. The van der Waals surface area contributed by atoms with Crippen molar-refractivity contribution in [2.24, 2.45) is 5.92 Å². The van der Waals surface area contributed by atoms with E-state index in [1.165, 1.54) is 0 Å². The first-order valence-electron chi connectivity index (χ1n) is 9.16. The topological polar surface area (TPSA) is 85.4 Å². The van der Waals surface area contributed by atoms with Gasteiger partial charge in [0.2, 0.25) is 5.91 Å². The fourth-order valence-electron chi connectivity index (χ4n) is 3.40. The lowest BCUT2D eigenvalue weighted by atomic mass is 10.1. The van der Waals surface area contributed by atoms with Crippen molar-refractivity contribution in [3.8, 4) is 22.8 Å². The van der Waals surface area contributed by atoms with Gasteiger partial charge in [-0.3, -0.25) is 9.78 Å². The summed E-state index contributed by atoms with van der Waals surface area (Å²) in [4.78, 5) is 20.8. The zero-order valence-electron chi connectivity index (χ0n) is 15.9. The fourth-order valence-corrected chi connectivity index (χ4v) is 3.40. The van der Waals surface area contributed by atoms with Crippen molar-refractivity contribution in [2.75, 3.05) is 32.6 Å². The van der Waals surface area contributed by atoms with Crippen LogP contribution < -0.4 is 20.1 Å². The number of amides is 1. The van der Waals surface area contributed by atoms with Crippen LogP contribution >= 0.6 is 0 Å². The van der Waals surface area contributed by atoms with Gasteiger partial charge in [-0.25, -0.2) is 4.98 Å². The quantitative estimate of drug-likeness (QED) is 0.686.